The Kier molecular flexibility index (Phi) is 2.85. The summed E-state index contributed by atoms with van der Waals surface area (Å²) in [6.07, 6.45) is 8.81. The van der Waals surface area contributed by atoms with Gasteiger partial charge in [0, 0.05) is 6.42 Å². The molecule has 0 heterocycles. The molecule has 126 valence electrons. The first kappa shape index (κ1) is 15.1. The van der Waals surface area contributed by atoms with Gasteiger partial charge >= 0.3 is 0 Å². The first-order valence-corrected chi connectivity index (χ1v) is 10.2. The van der Waals surface area contributed by atoms with E-state index in [0.717, 1.165) is 41.5 Å². The van der Waals surface area contributed by atoms with Crippen LogP contribution in [-0.4, -0.2) is 17.0 Å². The summed E-state index contributed by atoms with van der Waals surface area (Å²) in [6, 6.07) is 0. The van der Waals surface area contributed by atoms with Crippen molar-refractivity contribution in [2.45, 2.75) is 71.3 Å². The molecule has 23 heavy (non-hydrogen) atoms. The average molecular weight is 379 g/mol. The van der Waals surface area contributed by atoms with Crippen LogP contribution in [-0.2, 0) is 4.79 Å². The zero-order valence-corrected chi connectivity index (χ0v) is 15.8. The van der Waals surface area contributed by atoms with Gasteiger partial charge in [-0.3, -0.25) is 4.79 Å². The van der Waals surface area contributed by atoms with E-state index < -0.39 is 0 Å². The number of carbonyl (C=O) groups excluding carboxylic acids is 1. The lowest BCUT2D eigenvalue weighted by molar-refractivity contribution is -0.120. The molecular weight excluding hydrogens is 352 g/mol. The van der Waals surface area contributed by atoms with Gasteiger partial charge in [-0.05, 0) is 100 Å². The van der Waals surface area contributed by atoms with Gasteiger partial charge in [-0.15, -0.1) is 0 Å². The van der Waals surface area contributed by atoms with Gasteiger partial charge in [0.25, 0.3) is 0 Å². The molecule has 5 aliphatic rings. The highest BCUT2D eigenvalue weighted by atomic mass is 79.9. The number of ketones is 1. The molecule has 0 saturated heterocycles. The maximum Gasteiger partial charge on any atom is 0.169 e. The van der Waals surface area contributed by atoms with Crippen molar-refractivity contribution in [2.75, 3.05) is 0 Å². The lowest BCUT2D eigenvalue weighted by atomic mass is 9.45. The van der Waals surface area contributed by atoms with Crippen LogP contribution in [0.4, 0.5) is 0 Å². The van der Waals surface area contributed by atoms with Crippen LogP contribution in [0.15, 0.2) is 10.1 Å². The number of hydrogen-bond donors (Lipinski definition) is 1. The number of aliphatic hydroxyl groups excluding tert-OH is 1. The molecule has 0 aromatic heterocycles. The van der Waals surface area contributed by atoms with Crippen molar-refractivity contribution in [1.29, 1.82) is 0 Å². The molecule has 7 atom stereocenters. The van der Waals surface area contributed by atoms with E-state index in [9.17, 15) is 9.90 Å². The Labute approximate surface area is 147 Å². The third-order valence-electron chi connectivity index (χ3n) is 9.18. The Bertz CT molecular complexity index is 640. The summed E-state index contributed by atoms with van der Waals surface area (Å²) in [5, 5.41) is 10.7. The van der Waals surface area contributed by atoms with E-state index >= 15 is 0 Å². The fraction of sp³-hybridized carbons (Fsp3) is 0.850. The van der Waals surface area contributed by atoms with E-state index in [1.807, 2.05) is 0 Å². The molecule has 1 N–H and O–H groups in total. The van der Waals surface area contributed by atoms with Crippen molar-refractivity contribution in [1.82, 2.24) is 0 Å². The van der Waals surface area contributed by atoms with Gasteiger partial charge in [0.2, 0.25) is 0 Å². The minimum Gasteiger partial charge on any atom is -0.393 e. The zero-order chi connectivity index (χ0) is 16.2. The number of Topliss-reactive ketones (excluding diaryl/α,β-unsaturated/α-hetero) is 1. The lowest BCUT2D eigenvalue weighted by Crippen LogP contribution is -2.53. The predicted molar refractivity (Wildman–Crippen MR) is 93.0 cm³/mol. The second-order valence-electron chi connectivity index (χ2n) is 9.53. The van der Waals surface area contributed by atoms with Gasteiger partial charge < -0.3 is 5.11 Å². The van der Waals surface area contributed by atoms with Crippen LogP contribution in [0.25, 0.3) is 0 Å². The van der Waals surface area contributed by atoms with Crippen LogP contribution >= 0.6 is 15.9 Å². The third kappa shape index (κ3) is 1.54. The highest BCUT2D eigenvalue weighted by Crippen LogP contribution is 2.82. The molecule has 5 rings (SSSR count). The number of allylic oxidation sites excluding steroid dienone is 1. The Balaban J connectivity index is 1.59. The van der Waals surface area contributed by atoms with E-state index in [1.165, 1.54) is 31.3 Å². The molecule has 0 aliphatic heterocycles. The number of carbonyl (C=O) groups is 1. The molecule has 3 heteroatoms. The third-order valence-corrected chi connectivity index (χ3v) is 10.1. The summed E-state index contributed by atoms with van der Waals surface area (Å²) in [6.45, 7) is 4.82. The van der Waals surface area contributed by atoms with Crippen molar-refractivity contribution < 1.29 is 9.90 Å². The van der Waals surface area contributed by atoms with Crippen molar-refractivity contribution in [3.05, 3.63) is 10.1 Å². The van der Waals surface area contributed by atoms with Crippen LogP contribution in [0.1, 0.15) is 65.2 Å². The minimum absolute atomic E-state index is 0.0772. The monoisotopic (exact) mass is 378 g/mol. The molecule has 4 fully saturated rings. The summed E-state index contributed by atoms with van der Waals surface area (Å²) >= 11 is 3.64. The van der Waals surface area contributed by atoms with Gasteiger partial charge in [0.05, 0.1) is 10.6 Å². The van der Waals surface area contributed by atoms with Gasteiger partial charge in [-0.2, -0.15) is 0 Å². The van der Waals surface area contributed by atoms with Crippen LogP contribution in [0.2, 0.25) is 0 Å². The maximum atomic E-state index is 12.2. The molecule has 0 aromatic rings. The molecule has 0 aromatic carbocycles. The van der Waals surface area contributed by atoms with Gasteiger partial charge in [-0.25, -0.2) is 0 Å². The van der Waals surface area contributed by atoms with Gasteiger partial charge in [-0.1, -0.05) is 13.8 Å². The van der Waals surface area contributed by atoms with E-state index in [-0.39, 0.29) is 16.9 Å². The lowest BCUT2D eigenvalue weighted by Gasteiger charge is -2.59. The van der Waals surface area contributed by atoms with Crippen LogP contribution in [0.5, 0.6) is 0 Å². The second kappa shape index (κ2) is 4.33. The molecule has 0 unspecified atom stereocenters. The van der Waals surface area contributed by atoms with E-state index in [2.05, 4.69) is 29.8 Å². The first-order chi connectivity index (χ1) is 10.8. The second-order valence-corrected chi connectivity index (χ2v) is 10.3. The van der Waals surface area contributed by atoms with Crippen LogP contribution < -0.4 is 0 Å². The smallest absolute Gasteiger partial charge is 0.169 e. The highest BCUT2D eigenvalue weighted by Gasteiger charge is 2.77. The van der Waals surface area contributed by atoms with E-state index in [1.54, 1.807) is 0 Å². The first-order valence-electron chi connectivity index (χ1n) is 9.45. The zero-order valence-electron chi connectivity index (χ0n) is 14.2. The van der Waals surface area contributed by atoms with Crippen LogP contribution in [0.3, 0.4) is 0 Å². The quantitative estimate of drug-likeness (QED) is 0.668. The topological polar surface area (TPSA) is 37.3 Å². The Morgan fingerprint density at radius 2 is 1.91 bits per heavy atom. The SMILES string of the molecule is C[C@]12CCC(=O)C(Br)=C1CC[C@@H]1[C@@H]2CC[C@]2(C)[C@H](O)C[C@@H]3C[C@]312. The average Bonchev–Trinajstić information content (AvgIpc) is 3.17. The number of aliphatic hydroxyl groups is 1. The largest absolute Gasteiger partial charge is 0.393 e. The maximum absolute atomic E-state index is 12.2. The minimum atomic E-state index is -0.0772. The number of halogens is 1. The summed E-state index contributed by atoms with van der Waals surface area (Å²) in [7, 11) is 0. The summed E-state index contributed by atoms with van der Waals surface area (Å²) < 4.78 is 0.911. The van der Waals surface area contributed by atoms with Gasteiger partial charge in [0.1, 0.15) is 0 Å². The van der Waals surface area contributed by atoms with Crippen molar-refractivity contribution in [3.8, 4) is 0 Å². The van der Waals surface area contributed by atoms with Gasteiger partial charge in [0.15, 0.2) is 5.78 Å². The van der Waals surface area contributed by atoms with Crippen molar-refractivity contribution >= 4 is 21.7 Å². The van der Waals surface area contributed by atoms with Crippen molar-refractivity contribution in [2.24, 2.45) is 34.0 Å². The summed E-state index contributed by atoms with van der Waals surface area (Å²) in [5.74, 6) is 2.58. The Morgan fingerprint density at radius 1 is 1.13 bits per heavy atom. The highest BCUT2D eigenvalue weighted by molar-refractivity contribution is 9.12. The van der Waals surface area contributed by atoms with Crippen molar-refractivity contribution in [3.63, 3.8) is 0 Å². The molecule has 5 aliphatic carbocycles. The molecule has 4 saturated carbocycles. The molecule has 2 nitrogen and oxygen atoms in total. The summed E-state index contributed by atoms with van der Waals surface area (Å²) in [4.78, 5) is 12.2. The van der Waals surface area contributed by atoms with E-state index in [4.69, 9.17) is 0 Å². The number of rotatable bonds is 0. The molecule has 0 radical (unpaired) electrons. The van der Waals surface area contributed by atoms with Crippen LogP contribution in [0, 0.1) is 34.0 Å². The molecule has 0 amide bonds. The fourth-order valence-electron chi connectivity index (χ4n) is 7.85. The number of hydrogen-bond acceptors (Lipinski definition) is 2. The molecular formula is C20H27BrO2. The Hall–Kier alpha value is -0.150. The number of fused-ring (bicyclic) bond motifs is 3. The fourth-order valence-corrected chi connectivity index (χ4v) is 8.70. The summed E-state index contributed by atoms with van der Waals surface area (Å²) in [5.41, 5.74) is 2.23. The standard InChI is InChI=1S/C20H27BrO2/c1-18-7-6-15(22)17(21)14(18)4-3-13-12(18)5-8-19(2)16(23)9-11-10-20(11,13)19/h11-13,16,23H,3-10H2,1-2H3/t11-,12+,13-,16-,18-,19-,20+/m1/s1. The Morgan fingerprint density at radius 3 is 2.70 bits per heavy atom. The predicted octanol–water partition coefficient (Wildman–Crippen LogP) is 4.60. The van der Waals surface area contributed by atoms with E-state index in [0.29, 0.717) is 17.6 Å². The molecule has 1 spiro atoms. The molecule has 0 bridgehead atoms. The normalized spacial score (nSPS) is 57.5.